The number of rotatable bonds is 4. The van der Waals surface area contributed by atoms with E-state index in [0.717, 1.165) is 16.4 Å². The van der Waals surface area contributed by atoms with Crippen molar-refractivity contribution < 1.29 is 0 Å². The lowest BCUT2D eigenvalue weighted by Gasteiger charge is -2.20. The molecule has 2 N–H and O–H groups in total. The molecule has 4 nitrogen and oxygen atoms in total. The molecular formula is C15H15ClN4S. The Hall–Kier alpha value is -1.56. The van der Waals surface area contributed by atoms with E-state index in [2.05, 4.69) is 10.2 Å². The fraction of sp³-hybridized carbons (Fsp3) is 0.200. The average molecular weight is 319 g/mol. The maximum absolute atomic E-state index is 6.16. The van der Waals surface area contributed by atoms with E-state index in [1.807, 2.05) is 60.0 Å². The summed E-state index contributed by atoms with van der Waals surface area (Å²) in [4.78, 5) is 0. The Morgan fingerprint density at radius 3 is 2.81 bits per heavy atom. The molecule has 1 aromatic carbocycles. The van der Waals surface area contributed by atoms with Crippen LogP contribution >= 0.6 is 23.4 Å². The third-order valence-corrected chi connectivity index (χ3v) is 4.85. The van der Waals surface area contributed by atoms with Crippen molar-refractivity contribution in [2.45, 2.75) is 23.4 Å². The first-order chi connectivity index (χ1) is 10.1. The van der Waals surface area contributed by atoms with Crippen molar-refractivity contribution in [1.29, 1.82) is 0 Å². The van der Waals surface area contributed by atoms with Crippen LogP contribution in [0.5, 0.6) is 0 Å². The van der Waals surface area contributed by atoms with Crippen molar-refractivity contribution in [2.24, 2.45) is 5.73 Å². The van der Waals surface area contributed by atoms with Gasteiger partial charge in [-0.15, -0.1) is 10.2 Å². The molecule has 21 heavy (non-hydrogen) atoms. The van der Waals surface area contributed by atoms with Gasteiger partial charge in [0.2, 0.25) is 0 Å². The van der Waals surface area contributed by atoms with Crippen LogP contribution in [0.4, 0.5) is 0 Å². The molecular weight excluding hydrogens is 304 g/mol. The van der Waals surface area contributed by atoms with E-state index >= 15 is 0 Å². The highest BCUT2D eigenvalue weighted by Crippen LogP contribution is 2.37. The van der Waals surface area contributed by atoms with Crippen LogP contribution in [0, 0.1) is 0 Å². The maximum atomic E-state index is 6.16. The van der Waals surface area contributed by atoms with Gasteiger partial charge < -0.3 is 5.73 Å². The number of benzene rings is 1. The number of nitrogens with zero attached hydrogens (tertiary/aromatic N) is 3. The van der Waals surface area contributed by atoms with Crippen LogP contribution in [-0.4, -0.2) is 20.6 Å². The summed E-state index contributed by atoms with van der Waals surface area (Å²) >= 11 is 7.69. The van der Waals surface area contributed by atoms with Gasteiger partial charge in [-0.05, 0) is 36.8 Å². The zero-order chi connectivity index (χ0) is 14.8. The number of thioether (sulfide) groups is 1. The van der Waals surface area contributed by atoms with E-state index in [4.69, 9.17) is 17.3 Å². The summed E-state index contributed by atoms with van der Waals surface area (Å²) < 4.78 is 1.96. The Balaban J connectivity index is 1.96. The topological polar surface area (TPSA) is 56.2 Å². The van der Waals surface area contributed by atoms with Gasteiger partial charge in [-0.3, -0.25) is 4.40 Å². The molecule has 2 aromatic heterocycles. The molecule has 6 heteroatoms. The van der Waals surface area contributed by atoms with Crippen LogP contribution < -0.4 is 5.73 Å². The van der Waals surface area contributed by atoms with Gasteiger partial charge in [0.05, 0.1) is 5.25 Å². The molecule has 0 bridgehead atoms. The van der Waals surface area contributed by atoms with E-state index in [1.165, 1.54) is 0 Å². The normalized spacial score (nSPS) is 14.2. The van der Waals surface area contributed by atoms with Crippen LogP contribution in [0.3, 0.4) is 0 Å². The summed E-state index contributed by atoms with van der Waals surface area (Å²) in [5.74, 6) is 0. The third-order valence-electron chi connectivity index (χ3n) is 3.17. The SMILES string of the molecule is CC(N)C(Sc1nnc2ccccn12)c1cccc(Cl)c1. The van der Waals surface area contributed by atoms with E-state index in [0.29, 0.717) is 5.02 Å². The van der Waals surface area contributed by atoms with Gasteiger partial charge in [0.1, 0.15) is 0 Å². The lowest BCUT2D eigenvalue weighted by molar-refractivity contribution is 0.717. The van der Waals surface area contributed by atoms with Gasteiger partial charge in [0.15, 0.2) is 10.8 Å². The molecule has 2 heterocycles. The molecule has 0 amide bonds. The fourth-order valence-electron chi connectivity index (χ4n) is 2.18. The summed E-state index contributed by atoms with van der Waals surface area (Å²) in [5.41, 5.74) is 8.08. The summed E-state index contributed by atoms with van der Waals surface area (Å²) in [7, 11) is 0. The fourth-order valence-corrected chi connectivity index (χ4v) is 3.46. The van der Waals surface area contributed by atoms with Gasteiger partial charge in [0.25, 0.3) is 0 Å². The van der Waals surface area contributed by atoms with Crippen LogP contribution in [0.1, 0.15) is 17.7 Å². The van der Waals surface area contributed by atoms with Gasteiger partial charge in [-0.25, -0.2) is 0 Å². The third kappa shape index (κ3) is 3.05. The van der Waals surface area contributed by atoms with Gasteiger partial charge in [0, 0.05) is 17.3 Å². The number of halogens is 1. The smallest absolute Gasteiger partial charge is 0.196 e. The Morgan fingerprint density at radius 1 is 1.19 bits per heavy atom. The van der Waals surface area contributed by atoms with Crippen molar-refractivity contribution >= 4 is 29.0 Å². The number of aromatic nitrogens is 3. The predicted molar refractivity (Wildman–Crippen MR) is 86.7 cm³/mol. The molecule has 0 radical (unpaired) electrons. The molecule has 3 aromatic rings. The Labute approximate surface area is 132 Å². The molecule has 2 unspecified atom stereocenters. The molecule has 2 atom stereocenters. The second-order valence-corrected chi connectivity index (χ2v) is 6.41. The number of pyridine rings is 1. The molecule has 0 saturated carbocycles. The van der Waals surface area contributed by atoms with E-state index in [9.17, 15) is 0 Å². The summed E-state index contributed by atoms with van der Waals surface area (Å²) in [6.07, 6.45) is 1.95. The summed E-state index contributed by atoms with van der Waals surface area (Å²) in [6, 6.07) is 13.6. The van der Waals surface area contributed by atoms with Crippen molar-refractivity contribution in [1.82, 2.24) is 14.6 Å². The van der Waals surface area contributed by atoms with Crippen LogP contribution in [0.2, 0.25) is 5.02 Å². The molecule has 108 valence electrons. The average Bonchev–Trinajstić information content (AvgIpc) is 2.87. The van der Waals surface area contributed by atoms with Crippen molar-refractivity contribution in [3.05, 3.63) is 59.2 Å². The molecule has 0 aliphatic carbocycles. The lowest BCUT2D eigenvalue weighted by atomic mass is 10.1. The molecule has 0 saturated heterocycles. The number of hydrogen-bond acceptors (Lipinski definition) is 4. The number of fused-ring (bicyclic) bond motifs is 1. The number of hydrogen-bond donors (Lipinski definition) is 1. The highest BCUT2D eigenvalue weighted by Gasteiger charge is 2.21. The lowest BCUT2D eigenvalue weighted by Crippen LogP contribution is -2.22. The second kappa shape index (κ2) is 6.05. The zero-order valence-electron chi connectivity index (χ0n) is 11.5. The van der Waals surface area contributed by atoms with Crippen molar-refractivity contribution in [3.63, 3.8) is 0 Å². The minimum atomic E-state index is -0.0375. The van der Waals surface area contributed by atoms with Crippen LogP contribution in [-0.2, 0) is 0 Å². The molecule has 0 spiro atoms. The minimum Gasteiger partial charge on any atom is -0.327 e. The highest BCUT2D eigenvalue weighted by molar-refractivity contribution is 7.99. The summed E-state index contributed by atoms with van der Waals surface area (Å²) in [5, 5.41) is 10.0. The zero-order valence-corrected chi connectivity index (χ0v) is 13.1. The van der Waals surface area contributed by atoms with E-state index < -0.39 is 0 Å². The summed E-state index contributed by atoms with van der Waals surface area (Å²) in [6.45, 7) is 1.99. The first-order valence-electron chi connectivity index (χ1n) is 6.62. The number of nitrogens with two attached hydrogens (primary N) is 1. The largest absolute Gasteiger partial charge is 0.327 e. The second-order valence-electron chi connectivity index (χ2n) is 4.86. The Morgan fingerprint density at radius 2 is 2.05 bits per heavy atom. The molecule has 3 rings (SSSR count). The Kier molecular flexibility index (Phi) is 4.14. The van der Waals surface area contributed by atoms with Crippen LogP contribution in [0.25, 0.3) is 5.65 Å². The van der Waals surface area contributed by atoms with Crippen LogP contribution in [0.15, 0.2) is 53.8 Å². The van der Waals surface area contributed by atoms with Crippen molar-refractivity contribution in [2.75, 3.05) is 0 Å². The predicted octanol–water partition coefficient (Wildman–Crippen LogP) is 3.56. The van der Waals surface area contributed by atoms with Gasteiger partial charge in [-0.2, -0.15) is 0 Å². The van der Waals surface area contributed by atoms with E-state index in [1.54, 1.807) is 11.8 Å². The first-order valence-corrected chi connectivity index (χ1v) is 7.88. The first kappa shape index (κ1) is 14.4. The quantitative estimate of drug-likeness (QED) is 0.747. The monoisotopic (exact) mass is 318 g/mol. The molecule has 0 aliphatic rings. The van der Waals surface area contributed by atoms with Crippen molar-refractivity contribution in [3.8, 4) is 0 Å². The van der Waals surface area contributed by atoms with Gasteiger partial charge >= 0.3 is 0 Å². The van der Waals surface area contributed by atoms with Gasteiger partial charge in [-0.1, -0.05) is 41.6 Å². The Bertz CT molecular complexity index is 756. The minimum absolute atomic E-state index is 0.0375. The standard InChI is InChI=1S/C15H15ClN4S/c1-10(17)14(11-5-4-6-12(16)9-11)21-15-19-18-13-7-2-3-8-20(13)15/h2-10,14H,17H2,1H3. The molecule has 0 fully saturated rings. The highest BCUT2D eigenvalue weighted by atomic mass is 35.5. The maximum Gasteiger partial charge on any atom is 0.196 e. The molecule has 0 aliphatic heterocycles. The van der Waals surface area contributed by atoms with E-state index in [-0.39, 0.29) is 11.3 Å².